The van der Waals surface area contributed by atoms with Crippen molar-refractivity contribution < 1.29 is 79.6 Å². The number of carbonyl (C=O) groups is 2. The highest BCUT2D eigenvalue weighted by Crippen LogP contribution is 2.38. The highest BCUT2D eigenvalue weighted by molar-refractivity contribution is 5.79. The predicted molar refractivity (Wildman–Crippen MR) is 242 cm³/mol. The lowest BCUT2D eigenvalue weighted by molar-refractivity contribution is -0.307. The zero-order valence-corrected chi connectivity index (χ0v) is 38.2. The molecule has 0 aromatic heterocycles. The highest BCUT2D eigenvalue weighted by atomic mass is 16.7. The summed E-state index contributed by atoms with van der Waals surface area (Å²) in [5.74, 6) is -0.468. The molecule has 2 bridgehead atoms. The largest absolute Gasteiger partial charge is 0.462 e. The van der Waals surface area contributed by atoms with Crippen molar-refractivity contribution in [3.63, 3.8) is 0 Å². The molecule has 3 heterocycles. The molecule has 2 saturated heterocycles. The first-order chi connectivity index (χ1) is 31.2. The maximum atomic E-state index is 13.0. The summed E-state index contributed by atoms with van der Waals surface area (Å²) in [5.41, 5.74) is 8.04. The van der Waals surface area contributed by atoms with E-state index in [2.05, 4.69) is 0 Å². The first-order valence-corrected chi connectivity index (χ1v) is 22.6. The van der Waals surface area contributed by atoms with Gasteiger partial charge in [0.15, 0.2) is 12.1 Å². The molecule has 10 unspecified atom stereocenters. The van der Waals surface area contributed by atoms with Gasteiger partial charge in [-0.3, -0.25) is 15.0 Å². The van der Waals surface area contributed by atoms with Gasteiger partial charge in [0.05, 0.1) is 85.5 Å². The molecule has 19 nitrogen and oxygen atoms in total. The summed E-state index contributed by atoms with van der Waals surface area (Å²) in [6, 6.07) is -1.14. The number of hydrazine groups is 1. The molecule has 0 spiro atoms. The number of hydrogen-bond donors (Lipinski definition) is 13. The van der Waals surface area contributed by atoms with Crippen LogP contribution >= 0.6 is 0 Å². The van der Waals surface area contributed by atoms with Crippen LogP contribution in [-0.4, -0.2) is 160 Å². The zero-order chi connectivity index (χ0) is 49.1. The van der Waals surface area contributed by atoms with Crippen molar-refractivity contribution in [2.24, 2.45) is 29.3 Å². The summed E-state index contributed by atoms with van der Waals surface area (Å²) in [4.78, 5) is 25.7. The first kappa shape index (κ1) is 56.8. The van der Waals surface area contributed by atoms with E-state index in [1.807, 2.05) is 36.7 Å². The van der Waals surface area contributed by atoms with Gasteiger partial charge in [-0.15, -0.1) is 0 Å². The summed E-state index contributed by atoms with van der Waals surface area (Å²) < 4.78 is 23.4. The molecule has 15 N–H and O–H groups in total. The average Bonchev–Trinajstić information content (AvgIpc) is 3.24. The molecule has 1 amide bonds. The van der Waals surface area contributed by atoms with Crippen molar-refractivity contribution >= 4 is 11.9 Å². The van der Waals surface area contributed by atoms with Gasteiger partial charge < -0.3 is 75.7 Å². The molecule has 0 aliphatic carbocycles. The monoisotopic (exact) mass is 938 g/mol. The standard InChI is InChI=1S/C47H75N3O16/c1-27-17-15-13-11-9-7-5-6-8-10-12-14-16-18-34(65-46-44(60)41(48)43(59)30(4)64-46)24-38-40(45(61)50-49)37(56)26-47(62,66-38)25-33(53)22-36(55)35(54)20-19-31(51)21-32(52)23-39(57)63-29(3)28(2)42(27)58/h5-18,27-38,40-44,46,51-56,58-60,62H,19-26,48-49H2,1-4H3,(H,50,61)/b6-5+,9-7+,10-8+,13-11+,14-12+,17-15+,18-16+/t27-,28-,29-,30+,31?,32?,33?,34?,35?,36?,37-,38-,40?,41-,42?,43?,44-,46-,47?/m0/s1. The van der Waals surface area contributed by atoms with Gasteiger partial charge in [-0.1, -0.05) is 98.9 Å². The van der Waals surface area contributed by atoms with Crippen molar-refractivity contribution in [1.82, 2.24) is 5.43 Å². The molecule has 2 fully saturated rings. The molecule has 0 aromatic rings. The summed E-state index contributed by atoms with van der Waals surface area (Å²) in [7, 11) is 0. The lowest BCUT2D eigenvalue weighted by Gasteiger charge is -2.45. The number of amides is 1. The minimum Gasteiger partial charge on any atom is -0.462 e. The summed E-state index contributed by atoms with van der Waals surface area (Å²) in [5, 5.41) is 109. The Labute approximate surface area is 387 Å². The normalized spacial score (nSPS) is 44.9. The fourth-order valence-corrected chi connectivity index (χ4v) is 8.09. The lowest BCUT2D eigenvalue weighted by Crippen LogP contribution is -2.62. The second-order valence-corrected chi connectivity index (χ2v) is 17.7. The SMILES string of the molecule is C[C@@H]1OC(=O)CC(O)CC(O)CCC(O)C(O)CC(O)CC2(O)C[C@H](O)C(C(=O)NN)[C@H](CC(O[C@@H]3O[C@H](C)C(O)[C@H](N)[C@@H]3O)/C=C/C=C/C=C/C=C/C=C/C=C/C=C/[C@H](C)C(O)[C@H]1C)O2. The van der Waals surface area contributed by atoms with Gasteiger partial charge >= 0.3 is 5.97 Å². The fourth-order valence-electron chi connectivity index (χ4n) is 8.09. The number of allylic oxidation sites excluding steroid dienone is 12. The number of hydrogen-bond acceptors (Lipinski definition) is 18. The molecule has 3 aliphatic rings. The minimum absolute atomic E-state index is 0.0992. The van der Waals surface area contributed by atoms with E-state index in [0.29, 0.717) is 0 Å². The molecule has 19 atom stereocenters. The number of esters is 1. The Bertz CT molecular complexity index is 1690. The Balaban J connectivity index is 1.88. The Morgan fingerprint density at radius 2 is 1.26 bits per heavy atom. The van der Waals surface area contributed by atoms with E-state index in [4.69, 9.17) is 30.5 Å². The van der Waals surface area contributed by atoms with Crippen LogP contribution in [0.3, 0.4) is 0 Å². The van der Waals surface area contributed by atoms with Crippen LogP contribution in [0.2, 0.25) is 0 Å². The number of aliphatic hydroxyl groups excluding tert-OH is 9. The topological polar surface area (TPSA) is 337 Å². The van der Waals surface area contributed by atoms with Crippen LogP contribution in [0.25, 0.3) is 0 Å². The van der Waals surface area contributed by atoms with Crippen LogP contribution in [0.5, 0.6) is 0 Å². The van der Waals surface area contributed by atoms with Gasteiger partial charge in [-0.05, 0) is 33.1 Å². The van der Waals surface area contributed by atoms with Gasteiger partial charge in [-0.2, -0.15) is 0 Å². The van der Waals surface area contributed by atoms with Gasteiger partial charge in [0.25, 0.3) is 0 Å². The minimum atomic E-state index is -2.28. The molecular weight excluding hydrogens is 863 g/mol. The first-order valence-electron chi connectivity index (χ1n) is 22.6. The highest BCUT2D eigenvalue weighted by Gasteiger charge is 2.50. The number of ether oxygens (including phenoxy) is 4. The molecule has 0 saturated carbocycles. The van der Waals surface area contributed by atoms with Crippen LogP contribution in [0.15, 0.2) is 85.1 Å². The van der Waals surface area contributed by atoms with Crippen molar-refractivity contribution in [3.05, 3.63) is 85.1 Å². The van der Waals surface area contributed by atoms with Crippen LogP contribution in [-0.2, 0) is 28.5 Å². The molecule has 374 valence electrons. The molecular formula is C47H75N3O16. The van der Waals surface area contributed by atoms with Crippen molar-refractivity contribution in [3.8, 4) is 0 Å². The number of cyclic esters (lactones) is 1. The predicted octanol–water partition coefficient (Wildman–Crippen LogP) is -0.383. The Hall–Kier alpha value is -3.48. The second kappa shape index (κ2) is 28.1. The van der Waals surface area contributed by atoms with Crippen molar-refractivity contribution in [2.45, 2.75) is 177 Å². The molecule has 66 heavy (non-hydrogen) atoms. The maximum absolute atomic E-state index is 13.0. The quantitative estimate of drug-likeness (QED) is 0.0742. The van der Waals surface area contributed by atoms with Gasteiger partial charge in [0.1, 0.15) is 12.2 Å². The lowest BCUT2D eigenvalue weighted by atomic mass is 9.82. The number of nitrogens with one attached hydrogen (secondary N) is 1. The van der Waals surface area contributed by atoms with E-state index in [0.717, 1.165) is 0 Å². The van der Waals surface area contributed by atoms with E-state index in [-0.39, 0.29) is 31.6 Å². The fraction of sp³-hybridized carbons (Fsp3) is 0.660. The Kier molecular flexibility index (Phi) is 24.2. The molecule has 0 aromatic carbocycles. The van der Waals surface area contributed by atoms with Crippen LogP contribution in [0.1, 0.15) is 79.1 Å². The smallest absolute Gasteiger partial charge is 0.308 e. The Morgan fingerprint density at radius 1 is 0.682 bits per heavy atom. The van der Waals surface area contributed by atoms with Crippen LogP contribution < -0.4 is 17.0 Å². The van der Waals surface area contributed by atoms with E-state index >= 15 is 0 Å². The van der Waals surface area contributed by atoms with Crippen LogP contribution in [0.4, 0.5) is 0 Å². The number of fused-ring (bicyclic) bond motifs is 2. The number of rotatable bonds is 3. The molecule has 3 rings (SSSR count). The summed E-state index contributed by atoms with van der Waals surface area (Å²) >= 11 is 0. The third kappa shape index (κ3) is 18.5. The second-order valence-electron chi connectivity index (χ2n) is 17.7. The Morgan fingerprint density at radius 3 is 1.85 bits per heavy atom. The number of carbonyl (C=O) groups excluding carboxylic acids is 2. The molecule has 0 radical (unpaired) electrons. The van der Waals surface area contributed by atoms with Crippen molar-refractivity contribution in [2.75, 3.05) is 0 Å². The molecule has 3 aliphatic heterocycles. The van der Waals surface area contributed by atoms with Gasteiger partial charge in [0.2, 0.25) is 5.91 Å². The summed E-state index contributed by atoms with van der Waals surface area (Å²) in [6.45, 7) is 6.77. The van der Waals surface area contributed by atoms with E-state index in [1.54, 1.807) is 81.5 Å². The zero-order valence-electron chi connectivity index (χ0n) is 38.2. The third-order valence-electron chi connectivity index (χ3n) is 12.2. The average molecular weight is 938 g/mol. The van der Waals surface area contributed by atoms with E-state index < -0.39 is 147 Å². The maximum Gasteiger partial charge on any atom is 0.308 e. The van der Waals surface area contributed by atoms with E-state index in [9.17, 15) is 60.7 Å². The third-order valence-corrected chi connectivity index (χ3v) is 12.2. The number of nitrogens with two attached hydrogens (primary N) is 2. The van der Waals surface area contributed by atoms with E-state index in [1.165, 1.54) is 0 Å². The van der Waals surface area contributed by atoms with Gasteiger partial charge in [-0.25, -0.2) is 5.84 Å². The molecule has 19 heteroatoms. The number of aliphatic hydroxyl groups is 10. The van der Waals surface area contributed by atoms with Gasteiger partial charge in [0, 0.05) is 37.5 Å². The van der Waals surface area contributed by atoms with Crippen molar-refractivity contribution in [1.29, 1.82) is 0 Å². The van der Waals surface area contributed by atoms with Crippen LogP contribution in [0, 0.1) is 17.8 Å². The summed E-state index contributed by atoms with van der Waals surface area (Å²) in [6.07, 6.45) is 4.26.